The van der Waals surface area contributed by atoms with Crippen LogP contribution in [0.1, 0.15) is 20.8 Å². The molecule has 92 valence electrons. The van der Waals surface area contributed by atoms with E-state index in [1.165, 1.54) is 9.04 Å². The Morgan fingerprint density at radius 3 is 2.76 bits per heavy atom. The molecule has 0 aliphatic heterocycles. The number of rotatable bonds is 5. The van der Waals surface area contributed by atoms with Gasteiger partial charge in [0.25, 0.3) is 0 Å². The van der Waals surface area contributed by atoms with Crippen molar-refractivity contribution in [2.75, 3.05) is 6.54 Å². The van der Waals surface area contributed by atoms with Gasteiger partial charge in [-0.05, 0) is 12.1 Å². The number of aromatic nitrogens is 1. The zero-order valence-corrected chi connectivity index (χ0v) is 12.1. The first-order chi connectivity index (χ1) is 8.15. The molecule has 2 nitrogen and oxygen atoms in total. The van der Waals surface area contributed by atoms with Crippen LogP contribution in [0.4, 0.5) is 0 Å². The van der Waals surface area contributed by atoms with E-state index in [-0.39, 0.29) is 0 Å². The molecule has 0 saturated heterocycles. The lowest BCUT2D eigenvalue weighted by molar-refractivity contribution is 0.589. The Bertz CT molecular complexity index is 446. The molecule has 0 aliphatic carbocycles. The summed E-state index contributed by atoms with van der Waals surface area (Å²) >= 11 is 3.64. The van der Waals surface area contributed by atoms with Crippen LogP contribution >= 0.6 is 23.1 Å². The van der Waals surface area contributed by atoms with Crippen LogP contribution in [0.5, 0.6) is 0 Å². The quantitative estimate of drug-likeness (QED) is 0.834. The maximum Gasteiger partial charge on any atom is 0.151 e. The molecule has 1 N–H and O–H groups in total. The lowest BCUT2D eigenvalue weighted by atomic mass is 10.3. The molecule has 17 heavy (non-hydrogen) atoms. The maximum atomic E-state index is 4.63. The molecule has 1 aromatic heterocycles. The maximum absolute atomic E-state index is 4.63. The molecule has 0 aliphatic rings. The second kappa shape index (κ2) is 5.85. The van der Waals surface area contributed by atoms with Crippen LogP contribution in [-0.2, 0) is 0 Å². The third-order valence-electron chi connectivity index (χ3n) is 2.39. The van der Waals surface area contributed by atoms with E-state index in [0.717, 1.165) is 12.1 Å². The number of fused-ring (bicyclic) bond motifs is 1. The fourth-order valence-electron chi connectivity index (χ4n) is 1.52. The van der Waals surface area contributed by atoms with Crippen LogP contribution < -0.4 is 5.32 Å². The van der Waals surface area contributed by atoms with Gasteiger partial charge in [0, 0.05) is 17.8 Å². The predicted molar refractivity (Wildman–Crippen MR) is 78.1 cm³/mol. The van der Waals surface area contributed by atoms with E-state index in [2.05, 4.69) is 49.3 Å². The Labute approximate surface area is 111 Å². The van der Waals surface area contributed by atoms with Gasteiger partial charge in [-0.1, -0.05) is 44.7 Å². The van der Waals surface area contributed by atoms with Crippen LogP contribution in [0.25, 0.3) is 10.2 Å². The van der Waals surface area contributed by atoms with Crippen molar-refractivity contribution in [3.05, 3.63) is 24.3 Å². The van der Waals surface area contributed by atoms with E-state index >= 15 is 0 Å². The Morgan fingerprint density at radius 1 is 1.29 bits per heavy atom. The molecule has 0 amide bonds. The fourth-order valence-corrected chi connectivity index (χ4v) is 3.84. The van der Waals surface area contributed by atoms with Crippen molar-refractivity contribution in [3.8, 4) is 0 Å². The zero-order chi connectivity index (χ0) is 12.3. The smallest absolute Gasteiger partial charge is 0.151 e. The molecule has 1 unspecified atom stereocenters. The summed E-state index contributed by atoms with van der Waals surface area (Å²) < 4.78 is 2.45. The predicted octanol–water partition coefficient (Wildman–Crippen LogP) is 3.77. The average Bonchev–Trinajstić information content (AvgIpc) is 2.68. The van der Waals surface area contributed by atoms with Gasteiger partial charge in [-0.3, -0.25) is 0 Å². The number of thiazole rings is 1. The minimum atomic E-state index is 0.549. The Kier molecular flexibility index (Phi) is 4.42. The Hall–Kier alpha value is -0.580. The second-order valence-electron chi connectivity index (χ2n) is 4.44. The second-order valence-corrected chi connectivity index (χ2v) is 7.16. The zero-order valence-electron chi connectivity index (χ0n) is 10.4. The highest BCUT2D eigenvalue weighted by Gasteiger charge is 2.09. The minimum absolute atomic E-state index is 0.549. The summed E-state index contributed by atoms with van der Waals surface area (Å²) in [5, 5.41) is 4.01. The summed E-state index contributed by atoms with van der Waals surface area (Å²) in [6.07, 6.45) is 0. The van der Waals surface area contributed by atoms with E-state index < -0.39 is 0 Å². The Morgan fingerprint density at radius 2 is 2.06 bits per heavy atom. The summed E-state index contributed by atoms with van der Waals surface area (Å²) in [6.45, 7) is 7.62. The van der Waals surface area contributed by atoms with Gasteiger partial charge in [-0.2, -0.15) is 0 Å². The fraction of sp³-hybridized carbons (Fsp3) is 0.462. The number of nitrogens with zero attached hydrogens (tertiary/aromatic N) is 1. The van der Waals surface area contributed by atoms with Crippen molar-refractivity contribution in [2.24, 2.45) is 0 Å². The molecule has 0 radical (unpaired) electrons. The summed E-state index contributed by atoms with van der Waals surface area (Å²) in [7, 11) is 0. The summed E-state index contributed by atoms with van der Waals surface area (Å²) in [5.74, 6) is 0. The van der Waals surface area contributed by atoms with Gasteiger partial charge >= 0.3 is 0 Å². The van der Waals surface area contributed by atoms with Crippen molar-refractivity contribution in [1.82, 2.24) is 10.3 Å². The van der Waals surface area contributed by atoms with Crippen molar-refractivity contribution in [2.45, 2.75) is 36.4 Å². The van der Waals surface area contributed by atoms with Crippen molar-refractivity contribution in [1.29, 1.82) is 0 Å². The number of hydrogen-bond donors (Lipinski definition) is 1. The van der Waals surface area contributed by atoms with E-state index in [4.69, 9.17) is 0 Å². The summed E-state index contributed by atoms with van der Waals surface area (Å²) in [4.78, 5) is 4.63. The number of hydrogen-bond acceptors (Lipinski definition) is 4. The largest absolute Gasteiger partial charge is 0.313 e. The average molecular weight is 266 g/mol. The molecule has 1 aromatic carbocycles. The van der Waals surface area contributed by atoms with Gasteiger partial charge in [0.15, 0.2) is 4.34 Å². The molecule has 1 atom stereocenters. The van der Waals surface area contributed by atoms with Crippen LogP contribution in [0.2, 0.25) is 0 Å². The first-order valence-electron chi connectivity index (χ1n) is 5.91. The lowest BCUT2D eigenvalue weighted by Gasteiger charge is -2.12. The number of para-hydroxylation sites is 1. The highest BCUT2D eigenvalue weighted by molar-refractivity contribution is 8.01. The van der Waals surface area contributed by atoms with Crippen LogP contribution in [0, 0.1) is 0 Å². The topological polar surface area (TPSA) is 24.9 Å². The number of benzene rings is 1. The van der Waals surface area contributed by atoms with E-state index in [9.17, 15) is 0 Å². The van der Waals surface area contributed by atoms with Gasteiger partial charge in [0.05, 0.1) is 10.2 Å². The minimum Gasteiger partial charge on any atom is -0.313 e. The van der Waals surface area contributed by atoms with Gasteiger partial charge in [0.1, 0.15) is 0 Å². The van der Waals surface area contributed by atoms with Crippen LogP contribution in [0.15, 0.2) is 28.6 Å². The first-order valence-corrected chi connectivity index (χ1v) is 7.60. The van der Waals surface area contributed by atoms with Gasteiger partial charge in [0.2, 0.25) is 0 Å². The number of nitrogens with one attached hydrogen (secondary N) is 1. The third-order valence-corrected chi connectivity index (χ3v) is 4.62. The first kappa shape index (κ1) is 12.9. The lowest BCUT2D eigenvalue weighted by Crippen LogP contribution is -2.28. The Balaban J connectivity index is 1.98. The molecule has 2 aromatic rings. The number of thioether (sulfide) groups is 1. The normalized spacial score (nSPS) is 13.4. The molecule has 2 rings (SSSR count). The van der Waals surface area contributed by atoms with Crippen molar-refractivity contribution in [3.63, 3.8) is 0 Å². The summed E-state index contributed by atoms with van der Waals surface area (Å²) in [6, 6.07) is 8.87. The molecule has 0 spiro atoms. The van der Waals surface area contributed by atoms with Gasteiger partial charge in [-0.15, -0.1) is 11.3 Å². The molecular weight excluding hydrogens is 248 g/mol. The standard InChI is InChI=1S/C13H18N2S2/c1-9(2)14-8-10(3)16-13-15-11-6-4-5-7-12(11)17-13/h4-7,9-10,14H,8H2,1-3H3. The summed E-state index contributed by atoms with van der Waals surface area (Å²) in [5.41, 5.74) is 1.11. The molecule has 0 fully saturated rings. The SMILES string of the molecule is CC(C)NCC(C)Sc1nc2ccccc2s1. The van der Waals surface area contributed by atoms with Crippen LogP contribution in [-0.4, -0.2) is 22.8 Å². The van der Waals surface area contributed by atoms with E-state index in [0.29, 0.717) is 11.3 Å². The molecular formula is C13H18N2S2. The van der Waals surface area contributed by atoms with E-state index in [1.807, 2.05) is 17.8 Å². The highest BCUT2D eigenvalue weighted by atomic mass is 32.2. The van der Waals surface area contributed by atoms with Crippen LogP contribution in [0.3, 0.4) is 0 Å². The molecule has 4 heteroatoms. The van der Waals surface area contributed by atoms with Crippen molar-refractivity contribution < 1.29 is 0 Å². The van der Waals surface area contributed by atoms with Gasteiger partial charge < -0.3 is 5.32 Å². The van der Waals surface area contributed by atoms with Crippen molar-refractivity contribution >= 4 is 33.3 Å². The molecule has 0 saturated carbocycles. The van der Waals surface area contributed by atoms with Gasteiger partial charge in [-0.25, -0.2) is 4.98 Å². The molecule has 1 heterocycles. The van der Waals surface area contributed by atoms with E-state index in [1.54, 1.807) is 11.3 Å². The monoisotopic (exact) mass is 266 g/mol. The highest BCUT2D eigenvalue weighted by Crippen LogP contribution is 2.31. The third kappa shape index (κ3) is 3.69. The molecule has 0 bridgehead atoms.